The van der Waals surface area contributed by atoms with Crippen LogP contribution in [0.25, 0.3) is 0 Å². The molecular formula is C11H13N. The van der Waals surface area contributed by atoms with Gasteiger partial charge < -0.3 is 0 Å². The molecular weight excluding hydrogens is 146 g/mol. The highest BCUT2D eigenvalue weighted by molar-refractivity contribution is 5.79. The minimum atomic E-state index is 0.688. The maximum Gasteiger partial charge on any atom is 0.0567 e. The summed E-state index contributed by atoms with van der Waals surface area (Å²) < 4.78 is 0. The molecule has 0 saturated heterocycles. The summed E-state index contributed by atoms with van der Waals surface area (Å²) in [4.78, 5) is 4.16. The standard InChI is InChI=1S/C11H13N/c1-3-7-12-9-11-6-4-5-10(2)8-11/h3-6,8-9H,1,7H2,2H3. The molecule has 1 aromatic rings. The molecule has 12 heavy (non-hydrogen) atoms. The lowest BCUT2D eigenvalue weighted by Crippen LogP contribution is -1.82. The third kappa shape index (κ3) is 2.70. The molecule has 0 aliphatic rings. The number of nitrogens with zero attached hydrogens (tertiary/aromatic N) is 1. The Morgan fingerprint density at radius 2 is 2.33 bits per heavy atom. The van der Waals surface area contributed by atoms with Crippen molar-refractivity contribution < 1.29 is 0 Å². The number of aryl methyl sites for hydroxylation is 1. The molecule has 0 atom stereocenters. The van der Waals surface area contributed by atoms with Gasteiger partial charge in [-0.15, -0.1) is 6.58 Å². The van der Waals surface area contributed by atoms with Gasteiger partial charge in [-0.25, -0.2) is 0 Å². The average Bonchev–Trinajstić information content (AvgIpc) is 2.05. The van der Waals surface area contributed by atoms with Crippen molar-refractivity contribution in [3.63, 3.8) is 0 Å². The van der Waals surface area contributed by atoms with Gasteiger partial charge in [0.2, 0.25) is 0 Å². The molecule has 0 aliphatic carbocycles. The second-order valence-corrected chi connectivity index (χ2v) is 2.70. The van der Waals surface area contributed by atoms with Crippen LogP contribution in [0.3, 0.4) is 0 Å². The molecule has 0 fully saturated rings. The third-order valence-corrected chi connectivity index (χ3v) is 1.52. The largest absolute Gasteiger partial charge is 0.288 e. The number of hydrogen-bond acceptors (Lipinski definition) is 1. The number of benzene rings is 1. The lowest BCUT2D eigenvalue weighted by molar-refractivity contribution is 1.26. The first-order chi connectivity index (χ1) is 5.83. The van der Waals surface area contributed by atoms with Crippen LogP contribution >= 0.6 is 0 Å². The fourth-order valence-corrected chi connectivity index (χ4v) is 0.983. The van der Waals surface area contributed by atoms with Gasteiger partial charge in [0, 0.05) is 6.21 Å². The lowest BCUT2D eigenvalue weighted by Gasteiger charge is -1.93. The topological polar surface area (TPSA) is 12.4 Å². The molecule has 1 heteroatoms. The van der Waals surface area contributed by atoms with Crippen LogP contribution in [-0.2, 0) is 0 Å². The van der Waals surface area contributed by atoms with E-state index in [2.05, 4.69) is 30.6 Å². The second-order valence-electron chi connectivity index (χ2n) is 2.70. The van der Waals surface area contributed by atoms with Gasteiger partial charge in [0.1, 0.15) is 0 Å². The smallest absolute Gasteiger partial charge is 0.0567 e. The SMILES string of the molecule is C=CCN=Cc1cccc(C)c1. The molecule has 0 heterocycles. The van der Waals surface area contributed by atoms with Crippen molar-refractivity contribution in [1.82, 2.24) is 0 Å². The molecule has 1 aromatic carbocycles. The first-order valence-electron chi connectivity index (χ1n) is 4.00. The molecule has 0 N–H and O–H groups in total. The maximum atomic E-state index is 4.16. The van der Waals surface area contributed by atoms with Crippen molar-refractivity contribution >= 4 is 6.21 Å². The summed E-state index contributed by atoms with van der Waals surface area (Å²) in [5.74, 6) is 0. The van der Waals surface area contributed by atoms with Gasteiger partial charge in [0.15, 0.2) is 0 Å². The average molecular weight is 159 g/mol. The van der Waals surface area contributed by atoms with Crippen LogP contribution in [-0.4, -0.2) is 12.8 Å². The molecule has 0 radical (unpaired) electrons. The van der Waals surface area contributed by atoms with E-state index in [1.54, 1.807) is 6.08 Å². The van der Waals surface area contributed by atoms with Gasteiger partial charge in [-0.05, 0) is 12.5 Å². The Morgan fingerprint density at radius 1 is 1.50 bits per heavy atom. The molecule has 0 bridgehead atoms. The molecule has 0 spiro atoms. The summed E-state index contributed by atoms with van der Waals surface area (Å²) in [5.41, 5.74) is 2.41. The van der Waals surface area contributed by atoms with Gasteiger partial charge in [-0.1, -0.05) is 35.9 Å². The Bertz CT molecular complexity index is 287. The summed E-state index contributed by atoms with van der Waals surface area (Å²) in [5, 5.41) is 0. The van der Waals surface area contributed by atoms with E-state index >= 15 is 0 Å². The second kappa shape index (κ2) is 4.50. The highest BCUT2D eigenvalue weighted by Crippen LogP contribution is 2.00. The zero-order valence-electron chi connectivity index (χ0n) is 7.33. The molecule has 0 saturated carbocycles. The number of hydrogen-bond donors (Lipinski definition) is 0. The highest BCUT2D eigenvalue weighted by atomic mass is 14.7. The first-order valence-corrected chi connectivity index (χ1v) is 4.00. The van der Waals surface area contributed by atoms with E-state index in [1.807, 2.05) is 18.3 Å². The fraction of sp³-hybridized carbons (Fsp3) is 0.182. The molecule has 0 aromatic heterocycles. The maximum absolute atomic E-state index is 4.16. The number of aliphatic imine (C=N–C) groups is 1. The Labute approximate surface area is 73.5 Å². The van der Waals surface area contributed by atoms with Crippen molar-refractivity contribution in [3.05, 3.63) is 48.0 Å². The van der Waals surface area contributed by atoms with Crippen molar-refractivity contribution in [3.8, 4) is 0 Å². The quantitative estimate of drug-likeness (QED) is 0.475. The summed E-state index contributed by atoms with van der Waals surface area (Å²) >= 11 is 0. The van der Waals surface area contributed by atoms with Crippen molar-refractivity contribution in [2.45, 2.75) is 6.92 Å². The first kappa shape index (κ1) is 8.72. The van der Waals surface area contributed by atoms with Gasteiger partial charge >= 0.3 is 0 Å². The predicted octanol–water partition coefficient (Wildman–Crippen LogP) is 2.60. The molecule has 62 valence electrons. The van der Waals surface area contributed by atoms with Crippen LogP contribution in [0.15, 0.2) is 41.9 Å². The van der Waals surface area contributed by atoms with Crippen LogP contribution in [0.1, 0.15) is 11.1 Å². The summed E-state index contributed by atoms with van der Waals surface area (Å²) in [6, 6.07) is 8.25. The van der Waals surface area contributed by atoms with Gasteiger partial charge in [-0.3, -0.25) is 4.99 Å². The monoisotopic (exact) mass is 159 g/mol. The minimum Gasteiger partial charge on any atom is -0.288 e. The van der Waals surface area contributed by atoms with E-state index in [-0.39, 0.29) is 0 Å². The molecule has 1 nitrogen and oxygen atoms in total. The lowest BCUT2D eigenvalue weighted by atomic mass is 10.2. The van der Waals surface area contributed by atoms with Crippen LogP contribution in [0.4, 0.5) is 0 Å². The van der Waals surface area contributed by atoms with E-state index in [0.29, 0.717) is 6.54 Å². The zero-order valence-corrected chi connectivity index (χ0v) is 7.33. The Morgan fingerprint density at radius 3 is 3.00 bits per heavy atom. The molecule has 0 unspecified atom stereocenters. The van der Waals surface area contributed by atoms with Crippen LogP contribution in [0.5, 0.6) is 0 Å². The summed E-state index contributed by atoms with van der Waals surface area (Å²) in [7, 11) is 0. The van der Waals surface area contributed by atoms with E-state index in [0.717, 1.165) is 5.56 Å². The van der Waals surface area contributed by atoms with Crippen LogP contribution < -0.4 is 0 Å². The Balaban J connectivity index is 2.69. The zero-order chi connectivity index (χ0) is 8.81. The molecule has 0 amide bonds. The Hall–Kier alpha value is -1.37. The van der Waals surface area contributed by atoms with Crippen molar-refractivity contribution in [2.75, 3.05) is 6.54 Å². The van der Waals surface area contributed by atoms with Crippen LogP contribution in [0, 0.1) is 6.92 Å². The number of rotatable bonds is 3. The molecule has 1 rings (SSSR count). The summed E-state index contributed by atoms with van der Waals surface area (Å²) in [6.45, 7) is 6.36. The van der Waals surface area contributed by atoms with Crippen LogP contribution in [0.2, 0.25) is 0 Å². The summed E-state index contributed by atoms with van der Waals surface area (Å²) in [6.07, 6.45) is 3.65. The van der Waals surface area contributed by atoms with E-state index in [4.69, 9.17) is 0 Å². The van der Waals surface area contributed by atoms with E-state index in [1.165, 1.54) is 5.56 Å². The fourth-order valence-electron chi connectivity index (χ4n) is 0.983. The molecule has 0 aliphatic heterocycles. The van der Waals surface area contributed by atoms with Gasteiger partial charge in [0.05, 0.1) is 6.54 Å². The van der Waals surface area contributed by atoms with Gasteiger partial charge in [0.25, 0.3) is 0 Å². The van der Waals surface area contributed by atoms with Crippen molar-refractivity contribution in [1.29, 1.82) is 0 Å². The van der Waals surface area contributed by atoms with Gasteiger partial charge in [-0.2, -0.15) is 0 Å². The van der Waals surface area contributed by atoms with Crippen molar-refractivity contribution in [2.24, 2.45) is 4.99 Å². The minimum absolute atomic E-state index is 0.688. The third-order valence-electron chi connectivity index (χ3n) is 1.52. The predicted molar refractivity (Wildman–Crippen MR) is 53.8 cm³/mol. The normalized spacial score (nSPS) is 10.4. The highest BCUT2D eigenvalue weighted by Gasteiger charge is 1.86. The van der Waals surface area contributed by atoms with E-state index in [9.17, 15) is 0 Å². The van der Waals surface area contributed by atoms with E-state index < -0.39 is 0 Å². The Kier molecular flexibility index (Phi) is 3.27.